The summed E-state index contributed by atoms with van der Waals surface area (Å²) < 4.78 is 5.69. The molecule has 1 fully saturated rings. The number of aromatic hydroxyl groups is 1. The first-order valence-electron chi connectivity index (χ1n) is 5.45. The lowest BCUT2D eigenvalue weighted by molar-refractivity contribution is 0.234. The average Bonchev–Trinajstić information content (AvgIpc) is 3.02. The van der Waals surface area contributed by atoms with Crippen LogP contribution in [0.15, 0.2) is 18.2 Å². The van der Waals surface area contributed by atoms with Crippen molar-refractivity contribution in [2.45, 2.75) is 26.2 Å². The van der Waals surface area contributed by atoms with E-state index in [-0.39, 0.29) is 11.2 Å². The summed E-state index contributed by atoms with van der Waals surface area (Å²) in [5, 5.41) is 18.2. The van der Waals surface area contributed by atoms with E-state index < -0.39 is 0 Å². The fraction of sp³-hybridized carbons (Fsp3) is 0.462. The molecule has 0 amide bonds. The maximum absolute atomic E-state index is 9.52. The first-order chi connectivity index (χ1) is 7.67. The maximum Gasteiger partial charge on any atom is 0.125 e. The van der Waals surface area contributed by atoms with Crippen LogP contribution in [0.25, 0.3) is 0 Å². The van der Waals surface area contributed by atoms with Crippen molar-refractivity contribution in [3.63, 3.8) is 0 Å². The molecule has 16 heavy (non-hydrogen) atoms. The molecule has 0 saturated heterocycles. The molecule has 0 heterocycles. The van der Waals surface area contributed by atoms with Gasteiger partial charge in [-0.2, -0.15) is 5.26 Å². The third kappa shape index (κ3) is 2.11. The Kier molecular flexibility index (Phi) is 2.74. The fourth-order valence-corrected chi connectivity index (χ4v) is 1.71. The van der Waals surface area contributed by atoms with E-state index in [1.165, 1.54) is 0 Å². The normalized spacial score (nSPS) is 16.5. The quantitative estimate of drug-likeness (QED) is 0.843. The van der Waals surface area contributed by atoms with Crippen molar-refractivity contribution in [1.82, 2.24) is 0 Å². The van der Waals surface area contributed by atoms with Crippen molar-refractivity contribution in [3.05, 3.63) is 23.8 Å². The number of rotatable bonds is 4. The predicted octanol–water partition coefficient (Wildman–Crippen LogP) is 2.77. The van der Waals surface area contributed by atoms with Crippen molar-refractivity contribution in [1.29, 1.82) is 5.26 Å². The summed E-state index contributed by atoms with van der Waals surface area (Å²) in [5.74, 6) is 0.965. The first-order valence-corrected chi connectivity index (χ1v) is 5.45. The van der Waals surface area contributed by atoms with Gasteiger partial charge in [-0.25, -0.2) is 0 Å². The number of ether oxygens (including phenoxy) is 1. The van der Waals surface area contributed by atoms with Gasteiger partial charge in [-0.05, 0) is 31.9 Å². The molecule has 0 spiro atoms. The highest BCUT2D eigenvalue weighted by molar-refractivity contribution is 5.42. The zero-order chi connectivity index (χ0) is 11.6. The zero-order valence-electron chi connectivity index (χ0n) is 9.36. The number of hydrogen-bond donors (Lipinski definition) is 1. The van der Waals surface area contributed by atoms with E-state index in [9.17, 15) is 5.11 Å². The molecule has 84 valence electrons. The maximum atomic E-state index is 9.52. The lowest BCUT2D eigenvalue weighted by Gasteiger charge is -2.14. The highest BCUT2D eigenvalue weighted by Gasteiger charge is 2.43. The number of nitrogens with zero attached hydrogens (tertiary/aromatic N) is 1. The van der Waals surface area contributed by atoms with Crippen molar-refractivity contribution in [2.24, 2.45) is 5.41 Å². The predicted molar refractivity (Wildman–Crippen MR) is 60.2 cm³/mol. The molecular formula is C13H15NO2. The van der Waals surface area contributed by atoms with Gasteiger partial charge in [0.1, 0.15) is 11.5 Å². The monoisotopic (exact) mass is 217 g/mol. The Labute approximate surface area is 95.3 Å². The molecule has 2 rings (SSSR count). The molecule has 1 aliphatic carbocycles. The topological polar surface area (TPSA) is 53.2 Å². The summed E-state index contributed by atoms with van der Waals surface area (Å²) in [5.41, 5.74) is 0.836. The summed E-state index contributed by atoms with van der Waals surface area (Å²) in [6.07, 6.45) is 2.70. The SMILES string of the molecule is Cc1c(O)cccc1OCC1(CC#N)CC1. The summed E-state index contributed by atoms with van der Waals surface area (Å²) in [7, 11) is 0. The molecule has 0 aromatic heterocycles. The second-order valence-corrected chi connectivity index (χ2v) is 4.52. The summed E-state index contributed by atoms with van der Waals surface area (Å²) in [6, 6.07) is 7.46. The Morgan fingerprint density at radius 3 is 2.88 bits per heavy atom. The van der Waals surface area contributed by atoms with Crippen molar-refractivity contribution in [2.75, 3.05) is 6.61 Å². The van der Waals surface area contributed by atoms with Crippen LogP contribution in [0, 0.1) is 23.7 Å². The van der Waals surface area contributed by atoms with Crippen LogP contribution < -0.4 is 4.74 Å². The number of nitriles is 1. The van der Waals surface area contributed by atoms with Crippen LogP contribution in [-0.4, -0.2) is 11.7 Å². The summed E-state index contributed by atoms with van der Waals surface area (Å²) in [6.45, 7) is 2.40. The van der Waals surface area contributed by atoms with Crippen LogP contribution >= 0.6 is 0 Å². The molecular weight excluding hydrogens is 202 g/mol. The Hall–Kier alpha value is -1.69. The van der Waals surface area contributed by atoms with Crippen LogP contribution in [0.4, 0.5) is 0 Å². The highest BCUT2D eigenvalue weighted by atomic mass is 16.5. The van der Waals surface area contributed by atoms with E-state index in [1.54, 1.807) is 12.1 Å². The molecule has 1 N–H and O–H groups in total. The van der Waals surface area contributed by atoms with Gasteiger partial charge in [-0.1, -0.05) is 6.07 Å². The zero-order valence-corrected chi connectivity index (χ0v) is 9.36. The van der Waals surface area contributed by atoms with Gasteiger partial charge in [0.15, 0.2) is 0 Å². The van der Waals surface area contributed by atoms with Gasteiger partial charge >= 0.3 is 0 Å². The van der Waals surface area contributed by atoms with Crippen LogP contribution in [-0.2, 0) is 0 Å². The van der Waals surface area contributed by atoms with Gasteiger partial charge in [0.25, 0.3) is 0 Å². The van der Waals surface area contributed by atoms with E-state index in [0.29, 0.717) is 18.8 Å². The highest BCUT2D eigenvalue weighted by Crippen LogP contribution is 2.48. The van der Waals surface area contributed by atoms with Crippen LogP contribution in [0.1, 0.15) is 24.8 Å². The Bertz CT molecular complexity index is 430. The van der Waals surface area contributed by atoms with Gasteiger partial charge in [-0.15, -0.1) is 0 Å². The van der Waals surface area contributed by atoms with Crippen LogP contribution in [0.5, 0.6) is 11.5 Å². The molecule has 0 unspecified atom stereocenters. The van der Waals surface area contributed by atoms with Gasteiger partial charge in [-0.3, -0.25) is 0 Å². The molecule has 3 nitrogen and oxygen atoms in total. The molecule has 1 saturated carbocycles. The molecule has 0 bridgehead atoms. The Balaban J connectivity index is 2.00. The molecule has 0 atom stereocenters. The van der Waals surface area contributed by atoms with Gasteiger partial charge in [0.2, 0.25) is 0 Å². The first kappa shape index (κ1) is 10.8. The Morgan fingerprint density at radius 1 is 1.50 bits per heavy atom. The lowest BCUT2D eigenvalue weighted by atomic mass is 10.1. The number of phenolic OH excluding ortho intramolecular Hbond substituents is 1. The summed E-state index contributed by atoms with van der Waals surface area (Å²) in [4.78, 5) is 0. The number of phenols is 1. The number of hydrogen-bond acceptors (Lipinski definition) is 3. The standard InChI is InChI=1S/C13H15NO2/c1-10-11(15)3-2-4-12(10)16-9-13(5-6-13)7-8-14/h2-4,15H,5-7,9H2,1H3. The molecule has 3 heteroatoms. The minimum Gasteiger partial charge on any atom is -0.508 e. The molecule has 1 aliphatic rings. The van der Waals surface area contributed by atoms with E-state index in [2.05, 4.69) is 6.07 Å². The molecule has 1 aromatic rings. The summed E-state index contributed by atoms with van der Waals surface area (Å²) >= 11 is 0. The van der Waals surface area contributed by atoms with E-state index in [0.717, 1.165) is 18.4 Å². The molecule has 0 aliphatic heterocycles. The van der Waals surface area contributed by atoms with Gasteiger partial charge in [0, 0.05) is 17.4 Å². The largest absolute Gasteiger partial charge is 0.508 e. The average molecular weight is 217 g/mol. The lowest BCUT2D eigenvalue weighted by Crippen LogP contribution is -2.12. The second-order valence-electron chi connectivity index (χ2n) is 4.52. The van der Waals surface area contributed by atoms with Crippen LogP contribution in [0.3, 0.4) is 0 Å². The van der Waals surface area contributed by atoms with E-state index >= 15 is 0 Å². The third-order valence-corrected chi connectivity index (χ3v) is 3.20. The van der Waals surface area contributed by atoms with Crippen molar-refractivity contribution in [3.8, 4) is 17.6 Å². The van der Waals surface area contributed by atoms with E-state index in [1.807, 2.05) is 13.0 Å². The second kappa shape index (κ2) is 4.05. The molecule has 0 radical (unpaired) electrons. The van der Waals surface area contributed by atoms with Gasteiger partial charge in [0.05, 0.1) is 12.7 Å². The fourth-order valence-electron chi connectivity index (χ4n) is 1.71. The van der Waals surface area contributed by atoms with Gasteiger partial charge < -0.3 is 9.84 Å². The minimum atomic E-state index is 0.0760. The minimum absolute atomic E-state index is 0.0760. The third-order valence-electron chi connectivity index (χ3n) is 3.20. The Morgan fingerprint density at radius 2 is 2.25 bits per heavy atom. The smallest absolute Gasteiger partial charge is 0.125 e. The van der Waals surface area contributed by atoms with Crippen molar-refractivity contribution < 1.29 is 9.84 Å². The molecule has 1 aromatic carbocycles. The van der Waals surface area contributed by atoms with E-state index in [4.69, 9.17) is 10.00 Å². The van der Waals surface area contributed by atoms with Crippen molar-refractivity contribution >= 4 is 0 Å². The van der Waals surface area contributed by atoms with Crippen LogP contribution in [0.2, 0.25) is 0 Å². The number of benzene rings is 1.